The maximum Gasteiger partial charge on any atom is 0.173 e. The first kappa shape index (κ1) is 20.1. The normalized spacial score (nSPS) is 10.2. The molecule has 0 radical (unpaired) electrons. The number of anilines is 1. The highest BCUT2D eigenvalue weighted by atomic mass is 32.2. The average molecular weight is 398 g/mol. The number of benzene rings is 2. The minimum atomic E-state index is -0.0568. The van der Waals surface area contributed by atoms with Gasteiger partial charge in [0.15, 0.2) is 5.78 Å². The molecule has 2 N–H and O–H groups in total. The monoisotopic (exact) mass is 398 g/mol. The Morgan fingerprint density at radius 3 is 2.31 bits per heavy atom. The second-order valence-corrected chi connectivity index (χ2v) is 7.51. The summed E-state index contributed by atoms with van der Waals surface area (Å²) in [6.45, 7) is 3.84. The first-order valence-electron chi connectivity index (χ1n) is 8.88. The van der Waals surface area contributed by atoms with Gasteiger partial charge in [-0.25, -0.2) is 4.98 Å². The number of nitriles is 2. The highest BCUT2D eigenvalue weighted by Crippen LogP contribution is 2.35. The van der Waals surface area contributed by atoms with Gasteiger partial charge in [-0.05, 0) is 25.0 Å². The molecular weight excluding hydrogens is 380 g/mol. The van der Waals surface area contributed by atoms with Crippen molar-refractivity contribution in [3.05, 3.63) is 76.3 Å². The van der Waals surface area contributed by atoms with Crippen LogP contribution in [0.15, 0.2) is 53.6 Å². The van der Waals surface area contributed by atoms with E-state index in [-0.39, 0.29) is 28.5 Å². The number of nitrogen functional groups attached to an aromatic ring is 1. The van der Waals surface area contributed by atoms with E-state index in [9.17, 15) is 15.3 Å². The molecule has 29 heavy (non-hydrogen) atoms. The first-order chi connectivity index (χ1) is 14.0. The van der Waals surface area contributed by atoms with Gasteiger partial charge >= 0.3 is 0 Å². The zero-order valence-corrected chi connectivity index (χ0v) is 16.9. The Morgan fingerprint density at radius 2 is 1.69 bits per heavy atom. The molecule has 0 saturated carbocycles. The quantitative estimate of drug-likeness (QED) is 0.495. The predicted molar refractivity (Wildman–Crippen MR) is 114 cm³/mol. The fraction of sp³-hybridized carbons (Fsp3) is 0.130. The second-order valence-electron chi connectivity index (χ2n) is 6.54. The Labute approximate surface area is 173 Å². The van der Waals surface area contributed by atoms with E-state index in [0.29, 0.717) is 21.7 Å². The van der Waals surface area contributed by atoms with E-state index < -0.39 is 0 Å². The molecule has 0 saturated heterocycles. The van der Waals surface area contributed by atoms with Crippen molar-refractivity contribution >= 4 is 23.4 Å². The van der Waals surface area contributed by atoms with Gasteiger partial charge in [0, 0.05) is 11.1 Å². The molecule has 1 heterocycles. The van der Waals surface area contributed by atoms with E-state index in [0.717, 1.165) is 22.9 Å². The molecule has 0 spiro atoms. The lowest BCUT2D eigenvalue weighted by atomic mass is 9.96. The Hall–Kier alpha value is -3.61. The Bertz CT molecular complexity index is 1170. The minimum Gasteiger partial charge on any atom is -0.383 e. The molecule has 0 fully saturated rings. The van der Waals surface area contributed by atoms with E-state index >= 15 is 0 Å². The lowest BCUT2D eigenvalue weighted by molar-refractivity contribution is 0.102. The highest BCUT2D eigenvalue weighted by molar-refractivity contribution is 8.00. The van der Waals surface area contributed by atoms with Crippen molar-refractivity contribution in [3.8, 4) is 23.3 Å². The highest BCUT2D eigenvalue weighted by Gasteiger charge is 2.21. The number of thioether (sulfide) groups is 1. The molecule has 0 aliphatic rings. The van der Waals surface area contributed by atoms with Crippen LogP contribution in [0.4, 0.5) is 5.82 Å². The number of hydrogen-bond donors (Lipinski definition) is 1. The molecule has 142 valence electrons. The number of Topliss-reactive ketones (excluding diaryl/α,β-unsaturated/α-hetero) is 1. The van der Waals surface area contributed by atoms with E-state index in [1.54, 1.807) is 6.07 Å². The third-order valence-electron chi connectivity index (χ3n) is 4.54. The van der Waals surface area contributed by atoms with Gasteiger partial charge in [-0.1, -0.05) is 65.9 Å². The van der Waals surface area contributed by atoms with Crippen LogP contribution in [-0.2, 0) is 0 Å². The van der Waals surface area contributed by atoms with Gasteiger partial charge in [-0.3, -0.25) is 4.79 Å². The predicted octanol–water partition coefficient (Wildman–Crippen LogP) is 4.67. The Balaban J connectivity index is 2.03. The molecule has 0 atom stereocenters. The number of rotatable bonds is 5. The summed E-state index contributed by atoms with van der Waals surface area (Å²) in [6, 6.07) is 19.1. The van der Waals surface area contributed by atoms with Crippen molar-refractivity contribution in [3.63, 3.8) is 0 Å². The standard InChI is InChI=1S/C23H18N4OS/c1-14-7-9-16(10-8-14)21-18(11-24)22(26)27-23(19(21)12-25)29-13-20(28)17-6-4-3-5-15(17)2/h3-10H,13H2,1-2H3,(H2,26,27). The van der Waals surface area contributed by atoms with Crippen LogP contribution in [0.3, 0.4) is 0 Å². The third-order valence-corrected chi connectivity index (χ3v) is 5.52. The lowest BCUT2D eigenvalue weighted by Gasteiger charge is -2.13. The molecule has 1 aromatic heterocycles. The molecular formula is C23H18N4OS. The van der Waals surface area contributed by atoms with Gasteiger partial charge < -0.3 is 5.73 Å². The van der Waals surface area contributed by atoms with Crippen LogP contribution >= 0.6 is 11.8 Å². The van der Waals surface area contributed by atoms with E-state index in [2.05, 4.69) is 17.1 Å². The largest absolute Gasteiger partial charge is 0.383 e. The van der Waals surface area contributed by atoms with Crippen molar-refractivity contribution in [2.24, 2.45) is 0 Å². The summed E-state index contributed by atoms with van der Waals surface area (Å²) in [5, 5.41) is 19.7. The van der Waals surface area contributed by atoms with Crippen LogP contribution in [0.5, 0.6) is 0 Å². The third kappa shape index (κ3) is 4.13. The van der Waals surface area contributed by atoms with Crippen molar-refractivity contribution < 1.29 is 4.79 Å². The first-order valence-corrected chi connectivity index (χ1v) is 9.87. The van der Waals surface area contributed by atoms with Crippen molar-refractivity contribution in [2.45, 2.75) is 18.9 Å². The van der Waals surface area contributed by atoms with Crippen LogP contribution < -0.4 is 5.73 Å². The summed E-state index contributed by atoms with van der Waals surface area (Å²) in [5.41, 5.74) is 10.2. The van der Waals surface area contributed by atoms with Crippen LogP contribution in [0.1, 0.15) is 32.6 Å². The van der Waals surface area contributed by atoms with Crippen LogP contribution in [0.25, 0.3) is 11.1 Å². The Kier molecular flexibility index (Phi) is 5.97. The van der Waals surface area contributed by atoms with Gasteiger partial charge in [0.25, 0.3) is 0 Å². The van der Waals surface area contributed by atoms with E-state index in [4.69, 9.17) is 5.73 Å². The zero-order valence-electron chi connectivity index (χ0n) is 16.1. The van der Waals surface area contributed by atoms with Gasteiger partial charge in [0.05, 0.1) is 11.3 Å². The summed E-state index contributed by atoms with van der Waals surface area (Å²) in [6.07, 6.45) is 0. The minimum absolute atomic E-state index is 0.0490. The summed E-state index contributed by atoms with van der Waals surface area (Å²) in [7, 11) is 0. The van der Waals surface area contributed by atoms with Gasteiger partial charge in [-0.15, -0.1) is 0 Å². The smallest absolute Gasteiger partial charge is 0.173 e. The number of aromatic nitrogens is 1. The van der Waals surface area contributed by atoms with Crippen LogP contribution in [0.2, 0.25) is 0 Å². The molecule has 0 amide bonds. The number of aryl methyl sites for hydroxylation is 2. The molecule has 0 unspecified atom stereocenters. The van der Waals surface area contributed by atoms with Gasteiger partial charge in [0.1, 0.15) is 28.5 Å². The summed E-state index contributed by atoms with van der Waals surface area (Å²) in [4.78, 5) is 16.9. The molecule has 3 rings (SSSR count). The molecule has 5 nitrogen and oxygen atoms in total. The molecule has 0 aliphatic heterocycles. The fourth-order valence-corrected chi connectivity index (χ4v) is 3.89. The van der Waals surface area contributed by atoms with Crippen molar-refractivity contribution in [1.29, 1.82) is 10.5 Å². The number of hydrogen-bond acceptors (Lipinski definition) is 6. The maximum atomic E-state index is 12.6. The number of nitrogens with zero attached hydrogens (tertiary/aromatic N) is 3. The second kappa shape index (κ2) is 8.60. The number of ketones is 1. The summed E-state index contributed by atoms with van der Waals surface area (Å²) in [5.74, 6) is 0.108. The van der Waals surface area contributed by atoms with Crippen molar-refractivity contribution in [2.75, 3.05) is 11.5 Å². The van der Waals surface area contributed by atoms with Gasteiger partial charge in [-0.2, -0.15) is 10.5 Å². The summed E-state index contributed by atoms with van der Waals surface area (Å²) < 4.78 is 0. The molecule has 3 aromatic rings. The van der Waals surface area contributed by atoms with Crippen molar-refractivity contribution in [1.82, 2.24) is 4.98 Å². The number of carbonyl (C=O) groups excluding carboxylic acids is 1. The SMILES string of the molecule is Cc1ccc(-c2c(C#N)c(N)nc(SCC(=O)c3ccccc3C)c2C#N)cc1. The Morgan fingerprint density at radius 1 is 1.03 bits per heavy atom. The van der Waals surface area contributed by atoms with Crippen LogP contribution in [-0.4, -0.2) is 16.5 Å². The van der Waals surface area contributed by atoms with Gasteiger partial charge in [0.2, 0.25) is 0 Å². The van der Waals surface area contributed by atoms with Crippen LogP contribution in [0, 0.1) is 36.5 Å². The summed E-state index contributed by atoms with van der Waals surface area (Å²) >= 11 is 1.16. The number of pyridine rings is 1. The average Bonchev–Trinajstić information content (AvgIpc) is 2.72. The number of nitrogens with two attached hydrogens (primary N) is 1. The van der Waals surface area contributed by atoms with E-state index in [1.807, 2.05) is 56.3 Å². The van der Waals surface area contributed by atoms with E-state index in [1.165, 1.54) is 0 Å². The number of carbonyl (C=O) groups is 1. The lowest BCUT2D eigenvalue weighted by Crippen LogP contribution is -2.07. The molecule has 0 aliphatic carbocycles. The fourth-order valence-electron chi connectivity index (χ4n) is 3.01. The molecule has 0 bridgehead atoms. The molecule has 6 heteroatoms. The zero-order chi connectivity index (χ0) is 21.0. The maximum absolute atomic E-state index is 12.6. The molecule has 2 aromatic carbocycles. The topological polar surface area (TPSA) is 104 Å².